The summed E-state index contributed by atoms with van der Waals surface area (Å²) in [5.41, 5.74) is 9.77. The Balaban J connectivity index is 2.80. The number of rotatable bonds is 4. The van der Waals surface area contributed by atoms with Crippen molar-refractivity contribution in [2.75, 3.05) is 0 Å². The molecule has 2 rings (SSSR count). The first kappa shape index (κ1) is 25.7. The molecule has 0 saturated carbocycles. The normalized spacial score (nSPS) is 13.5. The second-order valence-electron chi connectivity index (χ2n) is 13.5. The lowest BCUT2D eigenvalue weighted by molar-refractivity contribution is 0.490. The summed E-state index contributed by atoms with van der Waals surface area (Å²) >= 11 is 0. The summed E-state index contributed by atoms with van der Waals surface area (Å²) in [6.07, 6.45) is 3.47. The molecule has 0 radical (unpaired) electrons. The average molecular weight is 421 g/mol. The van der Waals surface area contributed by atoms with Crippen molar-refractivity contribution in [3.8, 4) is 0 Å². The summed E-state index contributed by atoms with van der Waals surface area (Å²) in [7, 11) is 0. The van der Waals surface area contributed by atoms with Crippen molar-refractivity contribution in [3.63, 3.8) is 0 Å². The molecule has 0 aliphatic rings. The SMILES string of the molecule is CC(C)(C)c1cc(C(C)(C)C)c(C(C)(C)C)c(CCCc2ccccc2)c1C(C)(C)C. The molecule has 0 aliphatic carbocycles. The lowest BCUT2D eigenvalue weighted by Gasteiger charge is -2.40. The summed E-state index contributed by atoms with van der Waals surface area (Å²) in [5.74, 6) is 0. The van der Waals surface area contributed by atoms with Crippen LogP contribution in [0.4, 0.5) is 0 Å². The third-order valence-corrected chi connectivity index (χ3v) is 6.28. The van der Waals surface area contributed by atoms with Gasteiger partial charge in [-0.1, -0.05) is 119 Å². The van der Waals surface area contributed by atoms with Crippen LogP contribution in [-0.4, -0.2) is 0 Å². The van der Waals surface area contributed by atoms with Crippen LogP contribution in [0, 0.1) is 0 Å². The molecular formula is C31H48. The van der Waals surface area contributed by atoms with Crippen LogP contribution in [0.1, 0.15) is 123 Å². The van der Waals surface area contributed by atoms with Crippen LogP contribution in [0.2, 0.25) is 0 Å². The Morgan fingerprint density at radius 1 is 0.516 bits per heavy atom. The van der Waals surface area contributed by atoms with Gasteiger partial charge in [0.2, 0.25) is 0 Å². The predicted octanol–water partition coefficient (Wildman–Crippen LogP) is 9.05. The van der Waals surface area contributed by atoms with Crippen molar-refractivity contribution in [2.45, 2.75) is 124 Å². The molecule has 0 unspecified atom stereocenters. The zero-order valence-electron chi connectivity index (χ0n) is 22.6. The first-order valence-electron chi connectivity index (χ1n) is 12.2. The van der Waals surface area contributed by atoms with Gasteiger partial charge in [-0.2, -0.15) is 0 Å². The Bertz CT molecular complexity index is 819. The summed E-state index contributed by atoms with van der Waals surface area (Å²) in [4.78, 5) is 0. The van der Waals surface area contributed by atoms with Gasteiger partial charge in [0.15, 0.2) is 0 Å². The van der Waals surface area contributed by atoms with Crippen LogP contribution in [0.25, 0.3) is 0 Å². The van der Waals surface area contributed by atoms with E-state index in [-0.39, 0.29) is 21.7 Å². The Hall–Kier alpha value is -1.56. The molecule has 0 aromatic heterocycles. The maximum Gasteiger partial charge on any atom is -0.0126 e. The summed E-state index contributed by atoms with van der Waals surface area (Å²) in [6.45, 7) is 28.7. The van der Waals surface area contributed by atoms with Gasteiger partial charge < -0.3 is 0 Å². The minimum atomic E-state index is 0.112. The first-order valence-corrected chi connectivity index (χ1v) is 12.2. The minimum Gasteiger partial charge on any atom is -0.0622 e. The van der Waals surface area contributed by atoms with Gasteiger partial charge in [0.05, 0.1) is 0 Å². The van der Waals surface area contributed by atoms with Crippen molar-refractivity contribution in [1.82, 2.24) is 0 Å². The highest BCUT2D eigenvalue weighted by Crippen LogP contribution is 2.46. The highest BCUT2D eigenvalue weighted by Gasteiger charge is 2.36. The minimum absolute atomic E-state index is 0.112. The van der Waals surface area contributed by atoms with E-state index in [0.717, 1.165) is 12.8 Å². The van der Waals surface area contributed by atoms with Gasteiger partial charge in [-0.25, -0.2) is 0 Å². The summed E-state index contributed by atoms with van der Waals surface area (Å²) in [5, 5.41) is 0. The topological polar surface area (TPSA) is 0 Å². The Morgan fingerprint density at radius 3 is 1.29 bits per heavy atom. The van der Waals surface area contributed by atoms with Crippen molar-refractivity contribution in [3.05, 3.63) is 69.8 Å². The molecule has 31 heavy (non-hydrogen) atoms. The molecule has 0 bridgehead atoms. The van der Waals surface area contributed by atoms with E-state index >= 15 is 0 Å². The van der Waals surface area contributed by atoms with Gasteiger partial charge in [-0.15, -0.1) is 0 Å². The number of benzene rings is 2. The lowest BCUT2D eigenvalue weighted by Crippen LogP contribution is -2.31. The van der Waals surface area contributed by atoms with E-state index in [9.17, 15) is 0 Å². The summed E-state index contributed by atoms with van der Waals surface area (Å²) < 4.78 is 0. The van der Waals surface area contributed by atoms with Gasteiger partial charge in [0.1, 0.15) is 0 Å². The van der Waals surface area contributed by atoms with Crippen LogP contribution in [-0.2, 0) is 34.5 Å². The molecule has 0 nitrogen and oxygen atoms in total. The monoisotopic (exact) mass is 420 g/mol. The zero-order chi connectivity index (χ0) is 23.8. The molecule has 0 heterocycles. The van der Waals surface area contributed by atoms with Crippen molar-refractivity contribution in [1.29, 1.82) is 0 Å². The fourth-order valence-corrected chi connectivity index (χ4v) is 5.00. The van der Waals surface area contributed by atoms with E-state index in [2.05, 4.69) is 119 Å². The third-order valence-electron chi connectivity index (χ3n) is 6.28. The third kappa shape index (κ3) is 6.24. The first-order chi connectivity index (χ1) is 13.9. The van der Waals surface area contributed by atoms with Crippen LogP contribution in [0.15, 0.2) is 36.4 Å². The van der Waals surface area contributed by atoms with Gasteiger partial charge in [-0.3, -0.25) is 0 Å². The van der Waals surface area contributed by atoms with E-state index in [1.807, 2.05) is 0 Å². The molecule has 2 aromatic carbocycles. The zero-order valence-corrected chi connectivity index (χ0v) is 22.6. The van der Waals surface area contributed by atoms with Crippen molar-refractivity contribution in [2.24, 2.45) is 0 Å². The molecule has 2 aromatic rings. The van der Waals surface area contributed by atoms with E-state index in [4.69, 9.17) is 0 Å². The highest BCUT2D eigenvalue weighted by atomic mass is 14.4. The van der Waals surface area contributed by atoms with Crippen LogP contribution < -0.4 is 0 Å². The quantitative estimate of drug-likeness (QED) is 0.462. The largest absolute Gasteiger partial charge is 0.0622 e. The molecule has 0 heteroatoms. The van der Waals surface area contributed by atoms with Crippen molar-refractivity contribution >= 4 is 0 Å². The van der Waals surface area contributed by atoms with Gasteiger partial charge in [-0.05, 0) is 74.3 Å². The Labute approximate surface area is 193 Å². The van der Waals surface area contributed by atoms with Crippen molar-refractivity contribution < 1.29 is 0 Å². The molecule has 0 aliphatic heterocycles. The lowest BCUT2D eigenvalue weighted by atomic mass is 9.64. The molecule has 0 saturated heterocycles. The predicted molar refractivity (Wildman–Crippen MR) is 140 cm³/mol. The Morgan fingerprint density at radius 2 is 0.935 bits per heavy atom. The fourth-order valence-electron chi connectivity index (χ4n) is 5.00. The average Bonchev–Trinajstić information content (AvgIpc) is 2.58. The molecule has 0 atom stereocenters. The number of hydrogen-bond donors (Lipinski definition) is 0. The fraction of sp³-hybridized carbons (Fsp3) is 0.613. The van der Waals surface area contributed by atoms with Crippen LogP contribution >= 0.6 is 0 Å². The maximum atomic E-state index is 2.57. The molecule has 0 amide bonds. The molecule has 0 N–H and O–H groups in total. The second kappa shape index (κ2) is 8.76. The molecule has 0 spiro atoms. The standard InChI is InChI=1S/C31H48/c1-28(2,3)24-21-25(29(4,5)6)27(31(10,11)12)23(26(24)30(7,8)9)20-16-19-22-17-14-13-15-18-22/h13-15,17-18,21H,16,19-20H2,1-12H3. The molecular weight excluding hydrogens is 372 g/mol. The number of aryl methyl sites for hydroxylation is 1. The van der Waals surface area contributed by atoms with E-state index < -0.39 is 0 Å². The maximum absolute atomic E-state index is 2.57. The van der Waals surface area contributed by atoms with Gasteiger partial charge in [0, 0.05) is 0 Å². The van der Waals surface area contributed by atoms with E-state index in [0.29, 0.717) is 0 Å². The highest BCUT2D eigenvalue weighted by molar-refractivity contribution is 5.55. The smallest absolute Gasteiger partial charge is 0.0126 e. The van der Waals surface area contributed by atoms with Gasteiger partial charge in [0.25, 0.3) is 0 Å². The van der Waals surface area contributed by atoms with E-state index in [1.165, 1.54) is 23.1 Å². The second-order valence-corrected chi connectivity index (χ2v) is 13.5. The molecule has 0 fully saturated rings. The van der Waals surface area contributed by atoms with E-state index in [1.54, 1.807) is 16.7 Å². The Kier molecular flexibility index (Phi) is 7.26. The van der Waals surface area contributed by atoms with Crippen LogP contribution in [0.3, 0.4) is 0 Å². The summed E-state index contributed by atoms with van der Waals surface area (Å²) in [6, 6.07) is 13.5. The molecule has 172 valence electrons. The number of hydrogen-bond acceptors (Lipinski definition) is 0. The van der Waals surface area contributed by atoms with Gasteiger partial charge >= 0.3 is 0 Å². The van der Waals surface area contributed by atoms with Crippen LogP contribution in [0.5, 0.6) is 0 Å².